The Morgan fingerprint density at radius 3 is 2.21 bits per heavy atom. The summed E-state index contributed by atoms with van der Waals surface area (Å²) in [7, 11) is 0. The quantitative estimate of drug-likeness (QED) is 0.505. The zero-order valence-electron chi connectivity index (χ0n) is 15.5. The van der Waals surface area contributed by atoms with Crippen LogP contribution in [0.5, 0.6) is 0 Å². The van der Waals surface area contributed by atoms with Gasteiger partial charge < -0.3 is 0 Å². The molecule has 1 heterocycles. The van der Waals surface area contributed by atoms with Crippen LogP contribution in [0.1, 0.15) is 15.9 Å². The van der Waals surface area contributed by atoms with Crippen molar-refractivity contribution >= 4 is 34.9 Å². The third-order valence-electron chi connectivity index (χ3n) is 4.18. The highest BCUT2D eigenvalue weighted by Gasteiger charge is 2.12. The molecule has 0 atom stereocenters. The van der Waals surface area contributed by atoms with E-state index < -0.39 is 11.9 Å². The Morgan fingerprint density at radius 2 is 1.52 bits per heavy atom. The molecule has 3 amide bonds. The molecule has 0 radical (unpaired) electrons. The Hall–Kier alpha value is -3.65. The molecule has 0 aliphatic heterocycles. The van der Waals surface area contributed by atoms with Crippen LogP contribution in [0.25, 0.3) is 16.7 Å². The third kappa shape index (κ3) is 4.27. The van der Waals surface area contributed by atoms with Gasteiger partial charge in [0.05, 0.1) is 5.69 Å². The van der Waals surface area contributed by atoms with Crippen molar-refractivity contribution in [1.29, 1.82) is 0 Å². The molecule has 0 saturated carbocycles. The van der Waals surface area contributed by atoms with Crippen molar-refractivity contribution in [1.82, 2.24) is 25.0 Å². The molecule has 29 heavy (non-hydrogen) atoms. The van der Waals surface area contributed by atoms with E-state index in [1.165, 1.54) is 0 Å². The number of aromatic nitrogens is 3. The smallest absolute Gasteiger partial charge is 0.277 e. The Labute approximate surface area is 171 Å². The van der Waals surface area contributed by atoms with E-state index in [1.54, 1.807) is 35.1 Å². The van der Waals surface area contributed by atoms with Crippen LogP contribution in [-0.4, -0.2) is 26.9 Å². The van der Waals surface area contributed by atoms with Gasteiger partial charge in [-0.3, -0.25) is 14.8 Å². The monoisotopic (exact) mass is 403 g/mol. The summed E-state index contributed by atoms with van der Waals surface area (Å²) in [5, 5.41) is 11.3. The van der Waals surface area contributed by atoms with Gasteiger partial charge in [0.25, 0.3) is 5.91 Å². The van der Waals surface area contributed by atoms with E-state index in [0.717, 1.165) is 33.6 Å². The highest BCUT2D eigenvalue weighted by Crippen LogP contribution is 2.24. The number of benzene rings is 3. The Balaban J connectivity index is 1.46. The number of nitrogens with one attached hydrogen (secondary N) is 2. The first-order valence-electron chi connectivity index (χ1n) is 8.86. The summed E-state index contributed by atoms with van der Waals surface area (Å²) in [5.41, 5.74) is 3.71. The van der Waals surface area contributed by atoms with Crippen LogP contribution in [0.15, 0.2) is 77.7 Å². The first-order valence-corrected chi connectivity index (χ1v) is 9.68. The van der Waals surface area contributed by atoms with Crippen molar-refractivity contribution in [2.45, 2.75) is 11.8 Å². The van der Waals surface area contributed by atoms with Crippen LogP contribution in [-0.2, 0) is 0 Å². The van der Waals surface area contributed by atoms with E-state index in [0.29, 0.717) is 11.1 Å². The Morgan fingerprint density at radius 1 is 0.897 bits per heavy atom. The molecule has 3 aromatic carbocycles. The van der Waals surface area contributed by atoms with Gasteiger partial charge in [0.15, 0.2) is 0 Å². The topological polar surface area (TPSA) is 88.9 Å². The number of hydrogen-bond acceptors (Lipinski definition) is 5. The second-order valence-corrected chi connectivity index (χ2v) is 7.13. The van der Waals surface area contributed by atoms with Crippen LogP contribution in [0, 0.1) is 6.92 Å². The SMILES string of the molecule is Cc1cc2nn(-c3ccccc3)nc2cc1SNC(=O)NC(=O)c1ccccc1. The fourth-order valence-electron chi connectivity index (χ4n) is 2.73. The lowest BCUT2D eigenvalue weighted by Crippen LogP contribution is -2.36. The molecular formula is C21H17N5O2S. The normalized spacial score (nSPS) is 10.7. The average molecular weight is 403 g/mol. The summed E-state index contributed by atoms with van der Waals surface area (Å²) in [6.07, 6.45) is 0. The number of carbonyl (C=O) groups is 2. The second-order valence-electron chi connectivity index (χ2n) is 6.28. The van der Waals surface area contributed by atoms with Crippen molar-refractivity contribution < 1.29 is 9.59 Å². The molecule has 0 spiro atoms. The molecule has 0 bridgehead atoms. The van der Waals surface area contributed by atoms with E-state index in [2.05, 4.69) is 20.2 Å². The molecule has 0 aliphatic rings. The van der Waals surface area contributed by atoms with Crippen molar-refractivity contribution in [3.05, 3.63) is 83.9 Å². The standard InChI is InChI=1S/C21H17N5O2S/c1-14-12-17-18(24-26(23-17)16-10-6-3-7-11-16)13-19(14)29-25-21(28)22-20(27)15-8-4-2-5-9-15/h2-13H,1H3,(H2,22,25,27,28). The largest absolute Gasteiger partial charge is 0.331 e. The van der Waals surface area contributed by atoms with E-state index in [4.69, 9.17) is 0 Å². The van der Waals surface area contributed by atoms with Crippen molar-refractivity contribution in [2.24, 2.45) is 0 Å². The lowest BCUT2D eigenvalue weighted by atomic mass is 10.2. The van der Waals surface area contributed by atoms with Crippen LogP contribution < -0.4 is 10.0 Å². The maximum absolute atomic E-state index is 12.1. The number of carbonyl (C=O) groups excluding carboxylic acids is 2. The predicted molar refractivity (Wildman–Crippen MR) is 112 cm³/mol. The Bertz CT molecular complexity index is 1180. The lowest BCUT2D eigenvalue weighted by Gasteiger charge is -2.07. The fraction of sp³-hybridized carbons (Fsp3) is 0.0476. The Kier molecular flexibility index (Phi) is 5.26. The number of imide groups is 1. The molecule has 7 nitrogen and oxygen atoms in total. The number of aryl methyl sites for hydroxylation is 1. The summed E-state index contributed by atoms with van der Waals surface area (Å²) in [5.74, 6) is -0.457. The van der Waals surface area contributed by atoms with Crippen molar-refractivity contribution in [3.63, 3.8) is 0 Å². The molecule has 8 heteroatoms. The van der Waals surface area contributed by atoms with E-state index in [9.17, 15) is 9.59 Å². The third-order valence-corrected chi connectivity index (χ3v) is 5.13. The number of rotatable bonds is 4. The van der Waals surface area contributed by atoms with Crippen LogP contribution in [0.4, 0.5) is 4.79 Å². The highest BCUT2D eigenvalue weighted by atomic mass is 32.2. The van der Waals surface area contributed by atoms with Gasteiger partial charge in [-0.2, -0.15) is 4.80 Å². The van der Waals surface area contributed by atoms with Gasteiger partial charge in [0.2, 0.25) is 0 Å². The van der Waals surface area contributed by atoms with Crippen LogP contribution in [0.3, 0.4) is 0 Å². The molecular weight excluding hydrogens is 386 g/mol. The molecule has 2 N–H and O–H groups in total. The second kappa shape index (κ2) is 8.15. The molecule has 1 aromatic heterocycles. The van der Waals surface area contributed by atoms with Crippen molar-refractivity contribution in [2.75, 3.05) is 0 Å². The molecule has 0 unspecified atom stereocenters. The number of amides is 3. The van der Waals surface area contributed by atoms with Gasteiger partial charge in [-0.1, -0.05) is 36.4 Å². The number of fused-ring (bicyclic) bond motifs is 1. The average Bonchev–Trinajstić information content (AvgIpc) is 3.16. The van der Waals surface area contributed by atoms with Crippen LogP contribution >= 0.6 is 11.9 Å². The summed E-state index contributed by atoms with van der Waals surface area (Å²) >= 11 is 1.12. The first kappa shape index (κ1) is 18.7. The van der Waals surface area contributed by atoms with E-state index in [-0.39, 0.29) is 0 Å². The molecule has 4 aromatic rings. The maximum Gasteiger partial charge on any atom is 0.331 e. The van der Waals surface area contributed by atoms with Crippen LogP contribution in [0.2, 0.25) is 0 Å². The minimum Gasteiger partial charge on any atom is -0.277 e. The van der Waals surface area contributed by atoms with Gasteiger partial charge in [0.1, 0.15) is 11.0 Å². The van der Waals surface area contributed by atoms with E-state index >= 15 is 0 Å². The van der Waals surface area contributed by atoms with Crippen molar-refractivity contribution in [3.8, 4) is 5.69 Å². The highest BCUT2D eigenvalue weighted by molar-refractivity contribution is 7.98. The minimum absolute atomic E-state index is 0.419. The lowest BCUT2D eigenvalue weighted by molar-refractivity contribution is 0.0965. The summed E-state index contributed by atoms with van der Waals surface area (Å²) < 4.78 is 2.63. The fourth-order valence-corrected chi connectivity index (χ4v) is 3.37. The van der Waals surface area contributed by atoms with Gasteiger partial charge in [-0.15, -0.1) is 10.2 Å². The summed E-state index contributed by atoms with van der Waals surface area (Å²) in [6.45, 7) is 1.93. The van der Waals surface area contributed by atoms with Gasteiger partial charge in [-0.25, -0.2) is 4.79 Å². The number of nitrogens with zero attached hydrogens (tertiary/aromatic N) is 3. The zero-order valence-corrected chi connectivity index (χ0v) is 16.3. The van der Waals surface area contributed by atoms with E-state index in [1.807, 2.05) is 49.4 Å². The molecule has 144 valence electrons. The first-order chi connectivity index (χ1) is 14.1. The zero-order chi connectivity index (χ0) is 20.2. The number of para-hydroxylation sites is 1. The maximum atomic E-state index is 12.1. The predicted octanol–water partition coefficient (Wildman–Crippen LogP) is 3.88. The van der Waals surface area contributed by atoms with Gasteiger partial charge in [-0.05, 0) is 60.8 Å². The van der Waals surface area contributed by atoms with Gasteiger partial charge >= 0.3 is 6.03 Å². The molecule has 0 fully saturated rings. The summed E-state index contributed by atoms with van der Waals surface area (Å²) in [4.78, 5) is 26.5. The molecule has 4 rings (SSSR count). The summed E-state index contributed by atoms with van der Waals surface area (Å²) in [6, 6.07) is 21.4. The minimum atomic E-state index is -0.587. The molecule has 0 aliphatic carbocycles. The van der Waals surface area contributed by atoms with Gasteiger partial charge in [0, 0.05) is 10.5 Å². The number of hydrogen-bond donors (Lipinski definition) is 2. The number of urea groups is 1. The molecule has 0 saturated heterocycles.